The number of carbonyl (C=O) groups excluding carboxylic acids is 3. The van der Waals surface area contributed by atoms with Crippen molar-refractivity contribution in [2.75, 3.05) is 26.2 Å². The fraction of sp³-hybridized carbons (Fsp3) is 0.478. The summed E-state index contributed by atoms with van der Waals surface area (Å²) in [5.74, 6) is -0.467. The third kappa shape index (κ3) is 6.47. The van der Waals surface area contributed by atoms with Crippen LogP contribution in [0.1, 0.15) is 53.2 Å². The zero-order chi connectivity index (χ0) is 24.0. The van der Waals surface area contributed by atoms with Gasteiger partial charge in [-0.2, -0.15) is 5.10 Å². The van der Waals surface area contributed by atoms with Gasteiger partial charge in [-0.05, 0) is 57.9 Å². The molecule has 9 nitrogen and oxygen atoms in total. The minimum Gasteiger partial charge on any atom is -0.491 e. The number of carbonyl (C=O) groups is 3. The molecule has 3 rings (SSSR count). The van der Waals surface area contributed by atoms with E-state index < -0.39 is 0 Å². The van der Waals surface area contributed by atoms with E-state index in [2.05, 4.69) is 15.7 Å². The zero-order valence-corrected chi connectivity index (χ0v) is 19.9. The summed E-state index contributed by atoms with van der Waals surface area (Å²) in [6.07, 6.45) is 1.24. The highest BCUT2D eigenvalue weighted by Crippen LogP contribution is 2.23. The number of hydrogen-bond acceptors (Lipinski definition) is 5. The van der Waals surface area contributed by atoms with Crippen LogP contribution < -0.4 is 15.4 Å². The summed E-state index contributed by atoms with van der Waals surface area (Å²) >= 11 is 6.06. The number of rotatable bonds is 2. The second-order valence-electron chi connectivity index (χ2n) is 8.10. The lowest BCUT2D eigenvalue weighted by Crippen LogP contribution is -2.45. The highest BCUT2D eigenvalue weighted by Gasteiger charge is 2.23. The van der Waals surface area contributed by atoms with Crippen LogP contribution in [0.2, 0.25) is 5.02 Å². The average Bonchev–Trinajstić information content (AvgIpc) is 3.16. The summed E-state index contributed by atoms with van der Waals surface area (Å²) in [7, 11) is 0. The van der Waals surface area contributed by atoms with Gasteiger partial charge in [0.1, 0.15) is 12.4 Å². The molecule has 0 radical (unpaired) electrons. The third-order valence-electron chi connectivity index (χ3n) is 5.34. The van der Waals surface area contributed by atoms with Gasteiger partial charge in [-0.1, -0.05) is 11.6 Å². The molecule has 10 heteroatoms. The number of nitrogens with zero attached hydrogens (tertiary/aromatic N) is 3. The topological polar surface area (TPSA) is 106 Å². The smallest absolute Gasteiger partial charge is 0.274 e. The van der Waals surface area contributed by atoms with Crippen LogP contribution in [-0.2, 0) is 11.3 Å². The molecule has 33 heavy (non-hydrogen) atoms. The monoisotopic (exact) mass is 475 g/mol. The third-order valence-corrected chi connectivity index (χ3v) is 5.58. The summed E-state index contributed by atoms with van der Waals surface area (Å²) in [6, 6.07) is 6.24. The van der Waals surface area contributed by atoms with Crippen molar-refractivity contribution in [3.63, 3.8) is 0 Å². The molecule has 3 amide bonds. The summed E-state index contributed by atoms with van der Waals surface area (Å²) < 4.78 is 7.54. The van der Waals surface area contributed by atoms with Crippen molar-refractivity contribution >= 4 is 29.3 Å². The molecule has 2 aromatic rings. The van der Waals surface area contributed by atoms with Crippen molar-refractivity contribution in [1.29, 1.82) is 0 Å². The molecule has 1 atom stereocenters. The number of aryl methyl sites for hydroxylation is 2. The summed E-state index contributed by atoms with van der Waals surface area (Å²) in [6.45, 7) is 7.15. The van der Waals surface area contributed by atoms with Crippen LogP contribution in [-0.4, -0.2) is 64.7 Å². The Labute approximate surface area is 198 Å². The Balaban J connectivity index is 1.76. The molecule has 0 unspecified atom stereocenters. The van der Waals surface area contributed by atoms with E-state index in [9.17, 15) is 14.4 Å². The molecule has 0 spiro atoms. The van der Waals surface area contributed by atoms with E-state index in [0.717, 1.165) is 5.69 Å². The van der Waals surface area contributed by atoms with Crippen LogP contribution in [0.4, 0.5) is 0 Å². The SMILES string of the molecule is CCn1nc(C(=O)N2CCCCNC(=O)c3cc(Cl)ccc3OC[C@@H](C)NC(=O)C2)cc1C. The van der Waals surface area contributed by atoms with Crippen molar-refractivity contribution in [2.45, 2.75) is 46.2 Å². The summed E-state index contributed by atoms with van der Waals surface area (Å²) in [5, 5.41) is 10.5. The molecule has 1 aliphatic heterocycles. The number of aromatic nitrogens is 2. The van der Waals surface area contributed by atoms with Crippen molar-refractivity contribution < 1.29 is 19.1 Å². The Morgan fingerprint density at radius 2 is 2.06 bits per heavy atom. The van der Waals surface area contributed by atoms with Crippen LogP contribution in [0.15, 0.2) is 24.3 Å². The number of ether oxygens (including phenoxy) is 1. The highest BCUT2D eigenvalue weighted by atomic mass is 35.5. The largest absolute Gasteiger partial charge is 0.491 e. The molecular formula is C23H30ClN5O4. The van der Waals surface area contributed by atoms with Crippen LogP contribution in [0.25, 0.3) is 0 Å². The highest BCUT2D eigenvalue weighted by molar-refractivity contribution is 6.31. The van der Waals surface area contributed by atoms with E-state index in [1.165, 1.54) is 4.90 Å². The standard InChI is InChI=1S/C23H30ClN5O4/c1-4-29-16(3)11-19(27-29)23(32)28-10-6-5-9-25-22(31)18-12-17(24)7-8-20(18)33-14-15(2)26-21(30)13-28/h7-8,11-12,15H,4-6,9-10,13-14H2,1-3H3,(H,25,31)(H,26,30)/t15-/m1/s1. The van der Waals surface area contributed by atoms with Gasteiger partial charge in [0.25, 0.3) is 11.8 Å². The molecule has 1 aromatic heterocycles. The van der Waals surface area contributed by atoms with E-state index in [1.54, 1.807) is 35.9 Å². The molecule has 0 bridgehead atoms. The minimum atomic E-state index is -0.340. The number of benzene rings is 1. The Morgan fingerprint density at radius 3 is 2.79 bits per heavy atom. The molecule has 2 N–H and O–H groups in total. The number of amides is 3. The molecule has 0 saturated heterocycles. The van der Waals surface area contributed by atoms with Gasteiger partial charge in [0, 0.05) is 30.4 Å². The second kappa shape index (κ2) is 11.2. The first-order chi connectivity index (χ1) is 15.8. The van der Waals surface area contributed by atoms with E-state index >= 15 is 0 Å². The van der Waals surface area contributed by atoms with E-state index in [4.69, 9.17) is 16.3 Å². The Kier molecular flexibility index (Phi) is 8.32. The summed E-state index contributed by atoms with van der Waals surface area (Å²) in [4.78, 5) is 39.9. The zero-order valence-electron chi connectivity index (χ0n) is 19.2. The van der Waals surface area contributed by atoms with Crippen molar-refractivity contribution in [2.24, 2.45) is 0 Å². The minimum absolute atomic E-state index is 0.0836. The molecule has 1 aliphatic rings. The average molecular weight is 476 g/mol. The predicted molar refractivity (Wildman–Crippen MR) is 125 cm³/mol. The normalized spacial score (nSPS) is 18.3. The molecule has 0 saturated carbocycles. The Hall–Kier alpha value is -3.07. The number of hydrogen-bond donors (Lipinski definition) is 2. The molecule has 178 valence electrons. The van der Waals surface area contributed by atoms with Crippen LogP contribution in [0, 0.1) is 6.92 Å². The maximum absolute atomic E-state index is 13.1. The van der Waals surface area contributed by atoms with Gasteiger partial charge >= 0.3 is 0 Å². The van der Waals surface area contributed by atoms with Crippen molar-refractivity contribution in [3.05, 3.63) is 46.2 Å². The molecule has 0 aliphatic carbocycles. The van der Waals surface area contributed by atoms with Gasteiger partial charge in [-0.15, -0.1) is 0 Å². The van der Waals surface area contributed by atoms with Gasteiger partial charge in [-0.3, -0.25) is 19.1 Å². The lowest BCUT2D eigenvalue weighted by Gasteiger charge is -2.23. The molecule has 2 heterocycles. The maximum Gasteiger partial charge on any atom is 0.274 e. The van der Waals surface area contributed by atoms with Crippen LogP contribution in [0.3, 0.4) is 0 Å². The van der Waals surface area contributed by atoms with E-state index in [-0.39, 0.29) is 36.9 Å². The lowest BCUT2D eigenvalue weighted by atomic mass is 10.1. The van der Waals surface area contributed by atoms with Gasteiger partial charge in [0.15, 0.2) is 5.69 Å². The van der Waals surface area contributed by atoms with Gasteiger partial charge in [0.2, 0.25) is 5.91 Å². The lowest BCUT2D eigenvalue weighted by molar-refractivity contribution is -0.122. The summed E-state index contributed by atoms with van der Waals surface area (Å²) in [5.41, 5.74) is 1.54. The molecular weight excluding hydrogens is 446 g/mol. The van der Waals surface area contributed by atoms with Crippen molar-refractivity contribution in [1.82, 2.24) is 25.3 Å². The van der Waals surface area contributed by atoms with Crippen LogP contribution >= 0.6 is 11.6 Å². The first-order valence-electron chi connectivity index (χ1n) is 11.1. The fourth-order valence-electron chi connectivity index (χ4n) is 3.63. The number of halogens is 1. The second-order valence-corrected chi connectivity index (χ2v) is 8.53. The number of nitrogens with one attached hydrogen (secondary N) is 2. The maximum atomic E-state index is 13.1. The van der Waals surface area contributed by atoms with Gasteiger partial charge in [0.05, 0.1) is 18.2 Å². The van der Waals surface area contributed by atoms with Gasteiger partial charge in [-0.25, -0.2) is 0 Å². The predicted octanol–water partition coefficient (Wildman–Crippen LogP) is 2.41. The van der Waals surface area contributed by atoms with Gasteiger partial charge < -0.3 is 20.3 Å². The quantitative estimate of drug-likeness (QED) is 0.693. The first-order valence-corrected chi connectivity index (χ1v) is 11.5. The fourth-order valence-corrected chi connectivity index (χ4v) is 3.80. The van der Waals surface area contributed by atoms with Crippen LogP contribution in [0.5, 0.6) is 5.75 Å². The van der Waals surface area contributed by atoms with Crippen molar-refractivity contribution in [3.8, 4) is 5.75 Å². The first kappa shape index (κ1) is 24.6. The van der Waals surface area contributed by atoms with E-state index in [1.807, 2.05) is 13.8 Å². The molecule has 1 aromatic carbocycles. The number of fused-ring (bicyclic) bond motifs is 1. The van der Waals surface area contributed by atoms with E-state index in [0.29, 0.717) is 54.5 Å². The Bertz CT molecular complexity index is 1020. The Morgan fingerprint density at radius 1 is 1.27 bits per heavy atom. The molecule has 0 fully saturated rings.